The van der Waals surface area contributed by atoms with Crippen LogP contribution < -0.4 is 5.32 Å². The predicted molar refractivity (Wildman–Crippen MR) is 104 cm³/mol. The molecule has 1 aromatic carbocycles. The van der Waals surface area contributed by atoms with Crippen LogP contribution in [0.2, 0.25) is 20.1 Å². The van der Waals surface area contributed by atoms with Crippen molar-refractivity contribution in [2.24, 2.45) is 7.05 Å². The summed E-state index contributed by atoms with van der Waals surface area (Å²) >= 11 is 23.6. The molecule has 0 saturated carbocycles. The highest BCUT2D eigenvalue weighted by Gasteiger charge is 2.39. The zero-order valence-electron chi connectivity index (χ0n) is 14.4. The minimum atomic E-state index is -4.80. The first-order valence-corrected chi connectivity index (χ1v) is 9.26. The van der Waals surface area contributed by atoms with Crippen LogP contribution in [0.5, 0.6) is 0 Å². The van der Waals surface area contributed by atoms with Gasteiger partial charge in [0.25, 0.3) is 5.91 Å². The molecule has 0 spiro atoms. The summed E-state index contributed by atoms with van der Waals surface area (Å²) < 4.78 is 40.9. The second kappa shape index (κ2) is 8.06. The fourth-order valence-electron chi connectivity index (χ4n) is 2.48. The van der Waals surface area contributed by atoms with Crippen LogP contribution in [-0.2, 0) is 19.8 Å². The van der Waals surface area contributed by atoms with Gasteiger partial charge in [0.05, 0.1) is 16.6 Å². The number of nitrogens with one attached hydrogen (secondary N) is 1. The summed E-state index contributed by atoms with van der Waals surface area (Å²) in [5.41, 5.74) is -1.07. The van der Waals surface area contributed by atoms with Crippen molar-refractivity contribution >= 4 is 58.1 Å². The van der Waals surface area contributed by atoms with Gasteiger partial charge in [-0.3, -0.25) is 14.2 Å². The van der Waals surface area contributed by atoms with Gasteiger partial charge in [0, 0.05) is 13.2 Å². The van der Waals surface area contributed by atoms with Crippen molar-refractivity contribution < 1.29 is 18.0 Å². The van der Waals surface area contributed by atoms with Crippen molar-refractivity contribution in [1.82, 2.24) is 19.6 Å². The fraction of sp³-hybridized carbons (Fsp3) is 0.188. The standard InChI is InChI=1S/C16H10Cl4F3N5O/c1-27-12(11(20)13(25-27)16(21,22)23)15(29)24-14-10(19)6-28(26-14)5-7-2-3-8(17)9(18)4-7/h2-4,6H,5H2,1H3,(H,24,26,29). The van der Waals surface area contributed by atoms with Crippen molar-refractivity contribution in [1.29, 1.82) is 0 Å². The molecule has 0 aliphatic carbocycles. The molecule has 3 rings (SSSR count). The Labute approximate surface area is 182 Å². The van der Waals surface area contributed by atoms with Gasteiger partial charge in [0.2, 0.25) is 0 Å². The zero-order chi connectivity index (χ0) is 21.5. The maximum atomic E-state index is 12.9. The van der Waals surface area contributed by atoms with E-state index in [4.69, 9.17) is 46.4 Å². The first kappa shape index (κ1) is 21.8. The summed E-state index contributed by atoms with van der Waals surface area (Å²) in [4.78, 5) is 12.4. The summed E-state index contributed by atoms with van der Waals surface area (Å²) in [6.07, 6.45) is -3.36. The SMILES string of the molecule is Cn1nc(C(F)(F)F)c(Cl)c1C(=O)Nc1nn(Cc2ccc(Cl)c(Cl)c2)cc1Cl. The minimum absolute atomic E-state index is 0.0532. The number of aryl methyl sites for hydroxylation is 1. The Kier molecular flexibility index (Phi) is 6.05. The Morgan fingerprint density at radius 3 is 2.38 bits per heavy atom. The number of alkyl halides is 3. The molecular formula is C16H10Cl4F3N5O. The number of amides is 1. The van der Waals surface area contributed by atoms with Crippen LogP contribution in [0, 0.1) is 0 Å². The zero-order valence-corrected chi connectivity index (χ0v) is 17.4. The second-order valence-corrected chi connectivity index (χ2v) is 7.46. The molecule has 0 radical (unpaired) electrons. The molecule has 1 amide bonds. The van der Waals surface area contributed by atoms with Gasteiger partial charge >= 0.3 is 6.18 Å². The summed E-state index contributed by atoms with van der Waals surface area (Å²) in [5.74, 6) is -0.996. The average Bonchev–Trinajstić information content (AvgIpc) is 3.09. The van der Waals surface area contributed by atoms with Crippen molar-refractivity contribution in [3.8, 4) is 0 Å². The lowest BCUT2D eigenvalue weighted by Crippen LogP contribution is -2.17. The highest BCUT2D eigenvalue weighted by Crippen LogP contribution is 2.35. The number of aromatic nitrogens is 4. The number of benzene rings is 1. The van der Waals surface area contributed by atoms with Gasteiger partial charge in [-0.15, -0.1) is 0 Å². The van der Waals surface area contributed by atoms with Crippen LogP contribution in [0.25, 0.3) is 0 Å². The molecule has 0 aliphatic rings. The van der Waals surface area contributed by atoms with Gasteiger partial charge in [-0.1, -0.05) is 52.5 Å². The number of hydrogen-bond donors (Lipinski definition) is 1. The largest absolute Gasteiger partial charge is 0.436 e. The number of nitrogens with zero attached hydrogens (tertiary/aromatic N) is 4. The van der Waals surface area contributed by atoms with E-state index in [-0.39, 0.29) is 17.4 Å². The predicted octanol–water partition coefficient (Wildman–Crippen LogP) is 5.55. The summed E-state index contributed by atoms with van der Waals surface area (Å²) in [7, 11) is 1.17. The third-order valence-electron chi connectivity index (χ3n) is 3.75. The van der Waals surface area contributed by atoms with E-state index < -0.39 is 28.5 Å². The van der Waals surface area contributed by atoms with E-state index in [0.29, 0.717) is 10.0 Å². The molecule has 1 N–H and O–H groups in total. The van der Waals surface area contributed by atoms with Crippen LogP contribution in [-0.4, -0.2) is 25.5 Å². The molecule has 2 aromatic heterocycles. The summed E-state index contributed by atoms with van der Waals surface area (Å²) in [6.45, 7) is 0.261. The van der Waals surface area contributed by atoms with E-state index in [0.717, 1.165) is 10.2 Å². The Morgan fingerprint density at radius 1 is 1.10 bits per heavy atom. The van der Waals surface area contributed by atoms with Crippen molar-refractivity contribution in [3.63, 3.8) is 0 Å². The summed E-state index contributed by atoms with van der Waals surface area (Å²) in [6, 6.07) is 5.00. The van der Waals surface area contributed by atoms with E-state index in [1.54, 1.807) is 18.2 Å². The Bertz CT molecular complexity index is 1090. The molecule has 0 saturated heterocycles. The van der Waals surface area contributed by atoms with Crippen LogP contribution in [0.1, 0.15) is 21.7 Å². The molecular weight excluding hydrogens is 477 g/mol. The lowest BCUT2D eigenvalue weighted by molar-refractivity contribution is -0.141. The van der Waals surface area contributed by atoms with E-state index in [1.165, 1.54) is 17.9 Å². The molecule has 2 heterocycles. The molecule has 13 heteroatoms. The minimum Gasteiger partial charge on any atom is -0.302 e. The maximum Gasteiger partial charge on any atom is 0.436 e. The number of hydrogen-bond acceptors (Lipinski definition) is 3. The third kappa shape index (κ3) is 4.63. The highest BCUT2D eigenvalue weighted by molar-refractivity contribution is 6.42. The van der Waals surface area contributed by atoms with E-state index in [9.17, 15) is 18.0 Å². The molecule has 0 unspecified atom stereocenters. The molecule has 29 heavy (non-hydrogen) atoms. The van der Waals surface area contributed by atoms with Crippen molar-refractivity contribution in [3.05, 3.63) is 61.4 Å². The van der Waals surface area contributed by atoms with Gasteiger partial charge in [-0.25, -0.2) is 0 Å². The van der Waals surface area contributed by atoms with Crippen LogP contribution >= 0.6 is 46.4 Å². The van der Waals surface area contributed by atoms with Crippen LogP contribution in [0.15, 0.2) is 24.4 Å². The van der Waals surface area contributed by atoms with Crippen LogP contribution in [0.4, 0.5) is 19.0 Å². The fourth-order valence-corrected chi connectivity index (χ4v) is 3.35. The van der Waals surface area contributed by atoms with Crippen molar-refractivity contribution in [2.45, 2.75) is 12.7 Å². The van der Waals surface area contributed by atoms with Gasteiger partial charge in [0.15, 0.2) is 11.5 Å². The molecule has 0 atom stereocenters. The number of rotatable bonds is 4. The first-order chi connectivity index (χ1) is 13.5. The molecule has 0 aliphatic heterocycles. The highest BCUT2D eigenvalue weighted by atomic mass is 35.5. The normalized spacial score (nSPS) is 11.7. The monoisotopic (exact) mass is 485 g/mol. The van der Waals surface area contributed by atoms with E-state index in [2.05, 4.69) is 15.5 Å². The Hall–Kier alpha value is -1.94. The van der Waals surface area contributed by atoms with E-state index >= 15 is 0 Å². The first-order valence-electron chi connectivity index (χ1n) is 7.75. The van der Waals surface area contributed by atoms with Gasteiger partial charge in [0.1, 0.15) is 15.7 Å². The smallest absolute Gasteiger partial charge is 0.302 e. The molecule has 0 fully saturated rings. The molecule has 0 bridgehead atoms. The Morgan fingerprint density at radius 2 is 1.79 bits per heavy atom. The number of carbonyl (C=O) groups excluding carboxylic acids is 1. The number of carbonyl (C=O) groups is 1. The molecule has 3 aromatic rings. The van der Waals surface area contributed by atoms with Crippen LogP contribution in [0.3, 0.4) is 0 Å². The lowest BCUT2D eigenvalue weighted by atomic mass is 10.2. The van der Waals surface area contributed by atoms with Gasteiger partial charge in [-0.2, -0.15) is 23.4 Å². The van der Waals surface area contributed by atoms with Gasteiger partial charge < -0.3 is 5.32 Å². The Balaban J connectivity index is 1.82. The van der Waals surface area contributed by atoms with Crippen molar-refractivity contribution in [2.75, 3.05) is 5.32 Å². The average molecular weight is 487 g/mol. The van der Waals surface area contributed by atoms with Gasteiger partial charge in [-0.05, 0) is 17.7 Å². The third-order valence-corrected chi connectivity index (χ3v) is 5.12. The summed E-state index contributed by atoms with van der Waals surface area (Å²) in [5, 5.41) is 9.74. The topological polar surface area (TPSA) is 64.7 Å². The molecule has 6 nitrogen and oxygen atoms in total. The number of halogens is 7. The number of anilines is 1. The quantitative estimate of drug-likeness (QED) is 0.525. The maximum absolute atomic E-state index is 12.9. The lowest BCUT2D eigenvalue weighted by Gasteiger charge is -2.05. The second-order valence-electron chi connectivity index (χ2n) is 5.86. The molecule has 154 valence electrons. The van der Waals surface area contributed by atoms with E-state index in [1.807, 2.05) is 0 Å².